The molecule has 1 aromatic rings. The SMILES string of the molecule is OC1CCN(Cc2ccccc2OCC2CC2)CC1. The summed E-state index contributed by atoms with van der Waals surface area (Å²) in [6.07, 6.45) is 4.34. The summed E-state index contributed by atoms with van der Waals surface area (Å²) < 4.78 is 5.95. The molecule has 3 nitrogen and oxygen atoms in total. The fourth-order valence-electron chi connectivity index (χ4n) is 2.59. The first-order valence-corrected chi connectivity index (χ1v) is 7.42. The van der Waals surface area contributed by atoms with E-state index in [-0.39, 0.29) is 6.10 Å². The Morgan fingerprint density at radius 3 is 2.58 bits per heavy atom. The molecule has 3 heteroatoms. The number of nitrogens with zero attached hydrogens (tertiary/aromatic N) is 1. The van der Waals surface area contributed by atoms with E-state index >= 15 is 0 Å². The Labute approximate surface area is 115 Å². The number of piperidine rings is 1. The second-order valence-corrected chi connectivity index (χ2v) is 5.87. The Morgan fingerprint density at radius 1 is 1.11 bits per heavy atom. The lowest BCUT2D eigenvalue weighted by Gasteiger charge is -2.29. The molecule has 19 heavy (non-hydrogen) atoms. The van der Waals surface area contributed by atoms with Crippen molar-refractivity contribution in [3.05, 3.63) is 29.8 Å². The number of ether oxygens (including phenoxy) is 1. The first kappa shape index (κ1) is 12.9. The van der Waals surface area contributed by atoms with Crippen LogP contribution in [-0.2, 0) is 6.54 Å². The molecule has 2 fully saturated rings. The zero-order valence-corrected chi connectivity index (χ0v) is 11.4. The minimum Gasteiger partial charge on any atom is -0.493 e. The van der Waals surface area contributed by atoms with E-state index in [2.05, 4.69) is 23.1 Å². The average Bonchev–Trinajstić information content (AvgIpc) is 3.25. The lowest BCUT2D eigenvalue weighted by Crippen LogP contribution is -2.35. The van der Waals surface area contributed by atoms with Crippen molar-refractivity contribution in [2.75, 3.05) is 19.7 Å². The van der Waals surface area contributed by atoms with Crippen molar-refractivity contribution in [2.24, 2.45) is 5.92 Å². The summed E-state index contributed by atoms with van der Waals surface area (Å²) in [5.41, 5.74) is 1.28. The van der Waals surface area contributed by atoms with Gasteiger partial charge in [-0.3, -0.25) is 4.90 Å². The van der Waals surface area contributed by atoms with Gasteiger partial charge in [0.1, 0.15) is 5.75 Å². The van der Waals surface area contributed by atoms with Gasteiger partial charge in [0.15, 0.2) is 0 Å². The molecule has 0 radical (unpaired) electrons. The van der Waals surface area contributed by atoms with E-state index in [1.54, 1.807) is 0 Å². The van der Waals surface area contributed by atoms with E-state index in [1.807, 2.05) is 6.07 Å². The van der Waals surface area contributed by atoms with Gasteiger partial charge in [-0.25, -0.2) is 0 Å². The highest BCUT2D eigenvalue weighted by Gasteiger charge is 2.23. The predicted octanol–water partition coefficient (Wildman–Crippen LogP) is 2.43. The van der Waals surface area contributed by atoms with Crippen molar-refractivity contribution in [1.82, 2.24) is 4.90 Å². The number of rotatable bonds is 5. The molecule has 1 N–H and O–H groups in total. The van der Waals surface area contributed by atoms with Crippen LogP contribution < -0.4 is 4.74 Å². The van der Waals surface area contributed by atoms with Crippen LogP contribution in [0.4, 0.5) is 0 Å². The summed E-state index contributed by atoms with van der Waals surface area (Å²) in [7, 11) is 0. The number of benzene rings is 1. The van der Waals surface area contributed by atoms with E-state index in [0.29, 0.717) is 0 Å². The number of para-hydroxylation sites is 1. The van der Waals surface area contributed by atoms with Crippen LogP contribution in [0.5, 0.6) is 5.75 Å². The number of aliphatic hydroxyl groups is 1. The molecule has 1 aliphatic heterocycles. The molecule has 1 aliphatic carbocycles. The third-order valence-electron chi connectivity index (χ3n) is 4.10. The lowest BCUT2D eigenvalue weighted by atomic mass is 10.1. The van der Waals surface area contributed by atoms with Gasteiger partial charge in [-0.15, -0.1) is 0 Å². The molecule has 0 bridgehead atoms. The summed E-state index contributed by atoms with van der Waals surface area (Å²) in [4.78, 5) is 2.41. The maximum absolute atomic E-state index is 9.55. The average molecular weight is 261 g/mol. The molecular formula is C16H23NO2. The third kappa shape index (κ3) is 3.71. The van der Waals surface area contributed by atoms with Gasteiger partial charge >= 0.3 is 0 Å². The van der Waals surface area contributed by atoms with Crippen molar-refractivity contribution in [2.45, 2.75) is 38.3 Å². The van der Waals surface area contributed by atoms with E-state index in [9.17, 15) is 5.11 Å². The monoisotopic (exact) mass is 261 g/mol. The number of hydrogen-bond donors (Lipinski definition) is 1. The standard InChI is InChI=1S/C16H23NO2/c18-15-7-9-17(10-8-15)11-14-3-1-2-4-16(14)19-12-13-5-6-13/h1-4,13,15,18H,5-12H2. The third-order valence-corrected chi connectivity index (χ3v) is 4.10. The Hall–Kier alpha value is -1.06. The van der Waals surface area contributed by atoms with Crippen molar-refractivity contribution >= 4 is 0 Å². The molecular weight excluding hydrogens is 238 g/mol. The van der Waals surface area contributed by atoms with E-state index in [0.717, 1.165) is 50.8 Å². The van der Waals surface area contributed by atoms with E-state index in [1.165, 1.54) is 18.4 Å². The topological polar surface area (TPSA) is 32.7 Å². The second kappa shape index (κ2) is 5.93. The van der Waals surface area contributed by atoms with E-state index < -0.39 is 0 Å². The highest BCUT2D eigenvalue weighted by atomic mass is 16.5. The maximum Gasteiger partial charge on any atom is 0.123 e. The lowest BCUT2D eigenvalue weighted by molar-refractivity contribution is 0.0787. The van der Waals surface area contributed by atoms with Crippen molar-refractivity contribution in [1.29, 1.82) is 0 Å². The molecule has 2 aliphatic rings. The van der Waals surface area contributed by atoms with Gasteiger partial charge in [-0.1, -0.05) is 18.2 Å². The number of hydrogen-bond acceptors (Lipinski definition) is 3. The Kier molecular flexibility index (Phi) is 4.04. The quantitative estimate of drug-likeness (QED) is 0.883. The smallest absolute Gasteiger partial charge is 0.123 e. The van der Waals surface area contributed by atoms with Gasteiger partial charge in [0, 0.05) is 25.2 Å². The minimum absolute atomic E-state index is 0.0994. The highest BCUT2D eigenvalue weighted by Crippen LogP contribution is 2.30. The molecule has 1 saturated heterocycles. The number of aliphatic hydroxyl groups excluding tert-OH is 1. The summed E-state index contributed by atoms with van der Waals surface area (Å²) in [6.45, 7) is 3.78. The predicted molar refractivity (Wildman–Crippen MR) is 75.2 cm³/mol. The second-order valence-electron chi connectivity index (χ2n) is 5.87. The van der Waals surface area contributed by atoms with Gasteiger partial charge in [0.05, 0.1) is 12.7 Å². The van der Waals surface area contributed by atoms with Gasteiger partial charge in [0.2, 0.25) is 0 Å². The van der Waals surface area contributed by atoms with Crippen LogP contribution in [0, 0.1) is 5.92 Å². The van der Waals surface area contributed by atoms with Crippen LogP contribution in [-0.4, -0.2) is 35.8 Å². The zero-order chi connectivity index (χ0) is 13.1. The van der Waals surface area contributed by atoms with Crippen LogP contribution in [0.3, 0.4) is 0 Å². The molecule has 3 rings (SSSR count). The van der Waals surface area contributed by atoms with Gasteiger partial charge in [0.25, 0.3) is 0 Å². The van der Waals surface area contributed by atoms with Crippen LogP contribution in [0.2, 0.25) is 0 Å². The molecule has 0 unspecified atom stereocenters. The van der Waals surface area contributed by atoms with E-state index in [4.69, 9.17) is 4.74 Å². The molecule has 0 spiro atoms. The molecule has 0 amide bonds. The Balaban J connectivity index is 1.59. The van der Waals surface area contributed by atoms with Crippen LogP contribution in [0.25, 0.3) is 0 Å². The molecule has 1 saturated carbocycles. The zero-order valence-electron chi connectivity index (χ0n) is 11.4. The fourth-order valence-corrected chi connectivity index (χ4v) is 2.59. The van der Waals surface area contributed by atoms with Gasteiger partial charge in [-0.05, 0) is 37.7 Å². The summed E-state index contributed by atoms with van der Waals surface area (Å²) in [5, 5.41) is 9.55. The Bertz CT molecular complexity index is 409. The normalized spacial score (nSPS) is 21.5. The molecule has 0 aromatic heterocycles. The van der Waals surface area contributed by atoms with Crippen molar-refractivity contribution in [3.63, 3.8) is 0 Å². The van der Waals surface area contributed by atoms with Crippen LogP contribution in [0.1, 0.15) is 31.2 Å². The number of likely N-dealkylation sites (tertiary alicyclic amines) is 1. The highest BCUT2D eigenvalue weighted by molar-refractivity contribution is 5.33. The molecule has 0 atom stereocenters. The van der Waals surface area contributed by atoms with Crippen LogP contribution in [0.15, 0.2) is 24.3 Å². The largest absolute Gasteiger partial charge is 0.493 e. The molecule has 1 heterocycles. The van der Waals surface area contributed by atoms with Crippen molar-refractivity contribution < 1.29 is 9.84 Å². The van der Waals surface area contributed by atoms with Crippen LogP contribution >= 0.6 is 0 Å². The fraction of sp³-hybridized carbons (Fsp3) is 0.625. The van der Waals surface area contributed by atoms with Gasteiger partial charge < -0.3 is 9.84 Å². The molecule has 1 aromatic carbocycles. The first-order valence-electron chi connectivity index (χ1n) is 7.42. The summed E-state index contributed by atoms with van der Waals surface area (Å²) in [6, 6.07) is 8.37. The first-order chi connectivity index (χ1) is 9.31. The molecule has 104 valence electrons. The maximum atomic E-state index is 9.55. The summed E-state index contributed by atoms with van der Waals surface area (Å²) >= 11 is 0. The summed E-state index contributed by atoms with van der Waals surface area (Å²) in [5.74, 6) is 1.83. The van der Waals surface area contributed by atoms with Gasteiger partial charge in [-0.2, -0.15) is 0 Å². The van der Waals surface area contributed by atoms with Crippen molar-refractivity contribution in [3.8, 4) is 5.75 Å². The minimum atomic E-state index is -0.0994. The Morgan fingerprint density at radius 2 is 1.84 bits per heavy atom.